The minimum Gasteiger partial charge on any atom is -0.369 e. The zero-order valence-corrected chi connectivity index (χ0v) is 9.31. The molecule has 0 fully saturated rings. The number of halogens is 1. The van der Waals surface area contributed by atoms with Gasteiger partial charge in [0, 0.05) is 0 Å². The molecule has 0 aliphatic rings. The van der Waals surface area contributed by atoms with Crippen molar-refractivity contribution in [1.29, 1.82) is 0 Å². The van der Waals surface area contributed by atoms with Crippen molar-refractivity contribution < 1.29 is 4.39 Å². The van der Waals surface area contributed by atoms with Gasteiger partial charge in [0.05, 0.1) is 5.56 Å². The third kappa shape index (κ3) is 2.06. The summed E-state index contributed by atoms with van der Waals surface area (Å²) >= 11 is 4.81. The number of aromatic nitrogens is 3. The molecular weight excluding hydrogens is 227 g/mol. The molecule has 1 aromatic carbocycles. The molecule has 3 N–H and O–H groups in total. The first-order valence-corrected chi connectivity index (χ1v) is 4.97. The lowest BCUT2D eigenvalue weighted by molar-refractivity contribution is 0.628. The second-order valence-electron chi connectivity index (χ2n) is 3.35. The van der Waals surface area contributed by atoms with Crippen LogP contribution in [0.2, 0.25) is 0 Å². The molecule has 16 heavy (non-hydrogen) atoms. The average Bonchev–Trinajstić information content (AvgIpc) is 2.15. The van der Waals surface area contributed by atoms with E-state index in [0.717, 1.165) is 5.56 Å². The second-order valence-corrected chi connectivity index (χ2v) is 3.71. The molecule has 4 nitrogen and oxygen atoms in total. The maximum atomic E-state index is 13.6. The van der Waals surface area contributed by atoms with Gasteiger partial charge in [-0.15, -0.1) is 0 Å². The molecule has 0 aliphatic heterocycles. The summed E-state index contributed by atoms with van der Waals surface area (Å²) in [6.07, 6.45) is 0. The van der Waals surface area contributed by atoms with Crippen molar-refractivity contribution in [2.24, 2.45) is 0 Å². The van der Waals surface area contributed by atoms with E-state index in [-0.39, 0.29) is 22.4 Å². The molecule has 0 saturated heterocycles. The lowest BCUT2D eigenvalue weighted by atomic mass is 10.1. The fraction of sp³-hybridized carbons (Fsp3) is 0.100. The Hall–Kier alpha value is -1.82. The molecule has 0 bridgehead atoms. The summed E-state index contributed by atoms with van der Waals surface area (Å²) < 4.78 is 13.7. The smallest absolute Gasteiger partial charge is 0.224 e. The Bertz CT molecular complexity index is 594. The first-order valence-electron chi connectivity index (χ1n) is 4.56. The van der Waals surface area contributed by atoms with E-state index >= 15 is 0 Å². The largest absolute Gasteiger partial charge is 0.369 e. The van der Waals surface area contributed by atoms with Crippen LogP contribution in [0.25, 0.3) is 11.4 Å². The molecule has 2 rings (SSSR count). The Morgan fingerprint density at radius 2 is 2.12 bits per heavy atom. The number of nitrogen functional groups attached to an aromatic ring is 1. The van der Waals surface area contributed by atoms with Crippen LogP contribution in [0.4, 0.5) is 10.3 Å². The van der Waals surface area contributed by atoms with Crippen LogP contribution in [0, 0.1) is 17.5 Å². The number of nitrogens with one attached hydrogen (secondary N) is 1. The van der Waals surface area contributed by atoms with Crippen LogP contribution in [0.3, 0.4) is 0 Å². The average molecular weight is 236 g/mol. The Balaban J connectivity index is 2.63. The van der Waals surface area contributed by atoms with Gasteiger partial charge in [0.2, 0.25) is 10.7 Å². The first-order chi connectivity index (χ1) is 7.56. The molecule has 0 unspecified atom stereocenters. The molecule has 0 saturated carbocycles. The molecule has 82 valence electrons. The molecule has 1 aromatic heterocycles. The molecule has 0 radical (unpaired) electrons. The number of hydrogen-bond acceptors (Lipinski definition) is 4. The lowest BCUT2D eigenvalue weighted by Crippen LogP contribution is -2.01. The standard InChI is InChI=1S/C10H9FN4S/c1-5-2-3-6(7(11)4-5)8-13-9(12)15-10(16)14-8/h2-4H,1H3,(H3,12,13,14,15,16). The van der Waals surface area contributed by atoms with Crippen molar-refractivity contribution in [3.8, 4) is 11.4 Å². The molecule has 1 heterocycles. The number of rotatable bonds is 1. The molecule has 2 aromatic rings. The van der Waals surface area contributed by atoms with Gasteiger partial charge >= 0.3 is 0 Å². The molecule has 0 atom stereocenters. The van der Waals surface area contributed by atoms with Crippen molar-refractivity contribution in [2.75, 3.05) is 5.73 Å². The van der Waals surface area contributed by atoms with E-state index in [1.165, 1.54) is 6.07 Å². The molecule has 6 heteroatoms. The van der Waals surface area contributed by atoms with Gasteiger partial charge in [-0.3, -0.25) is 0 Å². The van der Waals surface area contributed by atoms with Crippen LogP contribution in [0.1, 0.15) is 5.56 Å². The van der Waals surface area contributed by atoms with Crippen LogP contribution < -0.4 is 5.73 Å². The van der Waals surface area contributed by atoms with Crippen molar-refractivity contribution in [3.63, 3.8) is 0 Å². The zero-order valence-electron chi connectivity index (χ0n) is 8.49. The highest BCUT2D eigenvalue weighted by atomic mass is 32.1. The maximum Gasteiger partial charge on any atom is 0.224 e. The zero-order chi connectivity index (χ0) is 11.7. The van der Waals surface area contributed by atoms with Crippen molar-refractivity contribution >= 4 is 18.2 Å². The summed E-state index contributed by atoms with van der Waals surface area (Å²) in [5, 5.41) is 0. The van der Waals surface area contributed by atoms with E-state index in [1.54, 1.807) is 12.1 Å². The fourth-order valence-corrected chi connectivity index (χ4v) is 1.53. The minimum absolute atomic E-state index is 0.0891. The molecule has 0 aliphatic carbocycles. The summed E-state index contributed by atoms with van der Waals surface area (Å²) in [4.78, 5) is 10.3. The van der Waals surface area contributed by atoms with Gasteiger partial charge < -0.3 is 10.7 Å². The fourth-order valence-electron chi connectivity index (χ4n) is 1.34. The van der Waals surface area contributed by atoms with E-state index < -0.39 is 0 Å². The minimum atomic E-state index is -0.372. The van der Waals surface area contributed by atoms with E-state index in [2.05, 4.69) is 15.0 Å². The molecule has 0 amide bonds. The quantitative estimate of drug-likeness (QED) is 0.745. The predicted molar refractivity (Wildman–Crippen MR) is 61.8 cm³/mol. The number of nitrogens with two attached hydrogens (primary N) is 1. The normalized spacial score (nSPS) is 10.4. The van der Waals surface area contributed by atoms with Gasteiger partial charge in [-0.1, -0.05) is 6.07 Å². The number of hydrogen-bond donors (Lipinski definition) is 2. The van der Waals surface area contributed by atoms with E-state index in [0.29, 0.717) is 5.56 Å². The van der Waals surface area contributed by atoms with Crippen LogP contribution in [-0.2, 0) is 0 Å². The number of anilines is 1. The Morgan fingerprint density at radius 1 is 1.38 bits per heavy atom. The predicted octanol–water partition coefficient (Wildman–Crippen LogP) is 2.23. The Morgan fingerprint density at radius 3 is 2.75 bits per heavy atom. The topological polar surface area (TPSA) is 67.6 Å². The van der Waals surface area contributed by atoms with E-state index in [9.17, 15) is 4.39 Å². The summed E-state index contributed by atoms with van der Waals surface area (Å²) in [7, 11) is 0. The van der Waals surface area contributed by atoms with Gasteiger partial charge in [0.25, 0.3) is 0 Å². The highest BCUT2D eigenvalue weighted by Crippen LogP contribution is 2.19. The number of nitrogens with zero attached hydrogens (tertiary/aromatic N) is 2. The summed E-state index contributed by atoms with van der Waals surface area (Å²) in [6, 6.07) is 4.83. The van der Waals surface area contributed by atoms with Crippen molar-refractivity contribution in [3.05, 3.63) is 34.4 Å². The molecule has 0 spiro atoms. The number of aryl methyl sites for hydroxylation is 1. The highest BCUT2D eigenvalue weighted by Gasteiger charge is 2.07. The van der Waals surface area contributed by atoms with Gasteiger partial charge in [0.15, 0.2) is 0 Å². The van der Waals surface area contributed by atoms with Gasteiger partial charge in [-0.25, -0.2) is 9.37 Å². The lowest BCUT2D eigenvalue weighted by Gasteiger charge is -2.04. The van der Waals surface area contributed by atoms with Crippen LogP contribution >= 0.6 is 12.2 Å². The van der Waals surface area contributed by atoms with Gasteiger partial charge in [-0.05, 0) is 36.8 Å². The first kappa shape index (κ1) is 10.7. The summed E-state index contributed by atoms with van der Waals surface area (Å²) in [6.45, 7) is 1.81. The van der Waals surface area contributed by atoms with Crippen LogP contribution in [-0.4, -0.2) is 15.0 Å². The number of H-pyrrole nitrogens is 1. The third-order valence-electron chi connectivity index (χ3n) is 2.05. The maximum absolute atomic E-state index is 13.6. The van der Waals surface area contributed by atoms with Crippen LogP contribution in [0.15, 0.2) is 18.2 Å². The van der Waals surface area contributed by atoms with Crippen LogP contribution in [0.5, 0.6) is 0 Å². The van der Waals surface area contributed by atoms with E-state index in [1.807, 2.05) is 6.92 Å². The van der Waals surface area contributed by atoms with Gasteiger partial charge in [-0.2, -0.15) is 4.98 Å². The van der Waals surface area contributed by atoms with Crippen molar-refractivity contribution in [1.82, 2.24) is 15.0 Å². The monoisotopic (exact) mass is 236 g/mol. The Labute approximate surface area is 96.4 Å². The SMILES string of the molecule is Cc1ccc(-c2nc(=S)nc(N)[nH]2)c(F)c1. The van der Waals surface area contributed by atoms with Crippen molar-refractivity contribution in [2.45, 2.75) is 6.92 Å². The number of benzene rings is 1. The molecular formula is C10H9FN4S. The highest BCUT2D eigenvalue weighted by molar-refractivity contribution is 7.71. The summed E-state index contributed by atoms with van der Waals surface area (Å²) in [5.74, 6) is 0.0359. The number of aromatic amines is 1. The summed E-state index contributed by atoms with van der Waals surface area (Å²) in [5.41, 5.74) is 6.64. The van der Waals surface area contributed by atoms with E-state index in [4.69, 9.17) is 18.0 Å². The second kappa shape index (κ2) is 3.97. The van der Waals surface area contributed by atoms with Gasteiger partial charge in [0.1, 0.15) is 11.6 Å². The third-order valence-corrected chi connectivity index (χ3v) is 2.23. The Kier molecular flexibility index (Phi) is 2.66.